The Morgan fingerprint density at radius 3 is 2.17 bits per heavy atom. The summed E-state index contributed by atoms with van der Waals surface area (Å²) in [6.07, 6.45) is 1.07. The Morgan fingerprint density at radius 2 is 1.61 bits per heavy atom. The molecule has 0 spiro atoms. The molecule has 1 saturated heterocycles. The summed E-state index contributed by atoms with van der Waals surface area (Å²) >= 11 is 0. The quantitative estimate of drug-likeness (QED) is 0.797. The Balaban J connectivity index is 2.33. The SMILES string of the molecule is CCOc1ccc(S(=O)(=O)N2CC(C)CC(C)C2)cc1OCC. The van der Waals surface area contributed by atoms with Crippen LogP contribution < -0.4 is 9.47 Å². The molecule has 2 atom stereocenters. The standard InChI is InChI=1S/C17H27NO4S/c1-5-21-16-8-7-15(10-17(16)22-6-2)23(19,20)18-11-13(3)9-14(4)12-18/h7-8,10,13-14H,5-6,9,11-12H2,1-4H3. The zero-order chi connectivity index (χ0) is 17.0. The van der Waals surface area contributed by atoms with E-state index in [4.69, 9.17) is 9.47 Å². The van der Waals surface area contributed by atoms with E-state index in [0.717, 1.165) is 6.42 Å². The maximum absolute atomic E-state index is 12.9. The van der Waals surface area contributed by atoms with Crippen molar-refractivity contribution in [2.24, 2.45) is 11.8 Å². The first-order valence-electron chi connectivity index (χ1n) is 8.28. The number of benzene rings is 1. The molecular weight excluding hydrogens is 314 g/mol. The first-order chi connectivity index (χ1) is 10.9. The normalized spacial score (nSPS) is 22.8. The molecule has 2 unspecified atom stereocenters. The van der Waals surface area contributed by atoms with Gasteiger partial charge in [0.1, 0.15) is 0 Å². The summed E-state index contributed by atoms with van der Waals surface area (Å²) in [5.74, 6) is 1.81. The smallest absolute Gasteiger partial charge is 0.243 e. The molecule has 1 aromatic rings. The average molecular weight is 341 g/mol. The highest BCUT2D eigenvalue weighted by Crippen LogP contribution is 2.33. The van der Waals surface area contributed by atoms with Gasteiger partial charge in [0.05, 0.1) is 18.1 Å². The van der Waals surface area contributed by atoms with Crippen LogP contribution in [0.1, 0.15) is 34.1 Å². The van der Waals surface area contributed by atoms with Gasteiger partial charge in [0.15, 0.2) is 11.5 Å². The van der Waals surface area contributed by atoms with Gasteiger partial charge in [-0.2, -0.15) is 4.31 Å². The van der Waals surface area contributed by atoms with Gasteiger partial charge in [-0.15, -0.1) is 0 Å². The number of piperidine rings is 1. The molecule has 0 N–H and O–H groups in total. The van der Waals surface area contributed by atoms with Crippen molar-refractivity contribution in [1.82, 2.24) is 4.31 Å². The number of ether oxygens (including phenoxy) is 2. The minimum Gasteiger partial charge on any atom is -0.490 e. The van der Waals surface area contributed by atoms with Crippen LogP contribution in [0.5, 0.6) is 11.5 Å². The van der Waals surface area contributed by atoms with Crippen LogP contribution in [0.15, 0.2) is 23.1 Å². The van der Waals surface area contributed by atoms with Crippen molar-refractivity contribution in [1.29, 1.82) is 0 Å². The predicted octanol–water partition coefficient (Wildman–Crippen LogP) is 3.15. The molecule has 0 radical (unpaired) electrons. The Hall–Kier alpha value is -1.27. The molecular formula is C17H27NO4S. The third kappa shape index (κ3) is 4.18. The fourth-order valence-electron chi connectivity index (χ4n) is 3.14. The molecule has 130 valence electrons. The Kier molecular flexibility index (Phi) is 5.92. The molecule has 0 bridgehead atoms. The predicted molar refractivity (Wildman–Crippen MR) is 90.5 cm³/mol. The maximum Gasteiger partial charge on any atom is 0.243 e. The fraction of sp³-hybridized carbons (Fsp3) is 0.647. The van der Waals surface area contributed by atoms with Gasteiger partial charge in [-0.1, -0.05) is 13.8 Å². The van der Waals surface area contributed by atoms with Crippen molar-refractivity contribution in [3.63, 3.8) is 0 Å². The van der Waals surface area contributed by atoms with E-state index in [1.807, 2.05) is 13.8 Å². The third-order valence-corrected chi connectivity index (χ3v) is 5.82. The van der Waals surface area contributed by atoms with E-state index in [-0.39, 0.29) is 4.90 Å². The lowest BCUT2D eigenvalue weighted by Gasteiger charge is -2.34. The van der Waals surface area contributed by atoms with Crippen LogP contribution in [0.4, 0.5) is 0 Å². The molecule has 2 rings (SSSR count). The van der Waals surface area contributed by atoms with Crippen molar-refractivity contribution in [3.8, 4) is 11.5 Å². The van der Waals surface area contributed by atoms with E-state index in [1.165, 1.54) is 0 Å². The molecule has 23 heavy (non-hydrogen) atoms. The summed E-state index contributed by atoms with van der Waals surface area (Å²) in [6, 6.07) is 4.86. The maximum atomic E-state index is 12.9. The second-order valence-corrected chi connectivity index (χ2v) is 8.18. The lowest BCUT2D eigenvalue weighted by Crippen LogP contribution is -2.42. The van der Waals surface area contributed by atoms with Gasteiger partial charge < -0.3 is 9.47 Å². The molecule has 6 heteroatoms. The van der Waals surface area contributed by atoms with E-state index < -0.39 is 10.0 Å². The minimum atomic E-state index is -3.50. The van der Waals surface area contributed by atoms with Crippen molar-refractivity contribution in [3.05, 3.63) is 18.2 Å². The monoisotopic (exact) mass is 341 g/mol. The molecule has 1 aliphatic rings. The summed E-state index contributed by atoms with van der Waals surface area (Å²) in [6.45, 7) is 10.1. The Labute approximate surface area is 139 Å². The molecule has 0 saturated carbocycles. The molecule has 0 amide bonds. The van der Waals surface area contributed by atoms with Crippen LogP contribution in [-0.2, 0) is 10.0 Å². The van der Waals surface area contributed by atoms with E-state index >= 15 is 0 Å². The van der Waals surface area contributed by atoms with Gasteiger partial charge in [0.25, 0.3) is 0 Å². The third-order valence-electron chi connectivity index (χ3n) is 3.99. The van der Waals surface area contributed by atoms with Gasteiger partial charge in [0.2, 0.25) is 10.0 Å². The molecule has 5 nitrogen and oxygen atoms in total. The summed E-state index contributed by atoms with van der Waals surface area (Å²) < 4.78 is 38.5. The molecule has 1 heterocycles. The van der Waals surface area contributed by atoms with Crippen LogP contribution in [0.25, 0.3) is 0 Å². The van der Waals surface area contributed by atoms with Gasteiger partial charge in [0, 0.05) is 19.2 Å². The van der Waals surface area contributed by atoms with Crippen molar-refractivity contribution < 1.29 is 17.9 Å². The lowest BCUT2D eigenvalue weighted by molar-refractivity contribution is 0.222. The summed E-state index contributed by atoms with van der Waals surface area (Å²) in [5, 5.41) is 0. The second kappa shape index (κ2) is 7.53. The highest BCUT2D eigenvalue weighted by molar-refractivity contribution is 7.89. The highest BCUT2D eigenvalue weighted by atomic mass is 32.2. The van der Waals surface area contributed by atoms with E-state index in [1.54, 1.807) is 22.5 Å². The van der Waals surface area contributed by atoms with Crippen LogP contribution >= 0.6 is 0 Å². The van der Waals surface area contributed by atoms with E-state index in [2.05, 4.69) is 13.8 Å². The van der Waals surface area contributed by atoms with Crippen molar-refractivity contribution in [2.75, 3.05) is 26.3 Å². The highest BCUT2D eigenvalue weighted by Gasteiger charge is 2.32. The minimum absolute atomic E-state index is 0.269. The molecule has 0 aliphatic carbocycles. The van der Waals surface area contributed by atoms with E-state index in [0.29, 0.717) is 49.6 Å². The number of sulfonamides is 1. The van der Waals surface area contributed by atoms with Gasteiger partial charge >= 0.3 is 0 Å². The van der Waals surface area contributed by atoms with Crippen LogP contribution in [0.3, 0.4) is 0 Å². The van der Waals surface area contributed by atoms with Crippen LogP contribution in [0, 0.1) is 11.8 Å². The topological polar surface area (TPSA) is 55.8 Å². The first kappa shape index (κ1) is 18.1. The largest absolute Gasteiger partial charge is 0.490 e. The lowest BCUT2D eigenvalue weighted by atomic mass is 9.94. The average Bonchev–Trinajstić information content (AvgIpc) is 2.48. The summed E-state index contributed by atoms with van der Waals surface area (Å²) in [5.41, 5.74) is 0. The van der Waals surface area contributed by atoms with E-state index in [9.17, 15) is 8.42 Å². The molecule has 0 aromatic heterocycles. The zero-order valence-electron chi connectivity index (χ0n) is 14.4. The summed E-state index contributed by atoms with van der Waals surface area (Å²) in [4.78, 5) is 0.269. The Morgan fingerprint density at radius 1 is 1.04 bits per heavy atom. The zero-order valence-corrected chi connectivity index (χ0v) is 15.2. The van der Waals surface area contributed by atoms with Crippen LogP contribution in [0.2, 0.25) is 0 Å². The second-order valence-electron chi connectivity index (χ2n) is 6.24. The van der Waals surface area contributed by atoms with Crippen LogP contribution in [-0.4, -0.2) is 39.0 Å². The van der Waals surface area contributed by atoms with Gasteiger partial charge in [-0.3, -0.25) is 0 Å². The summed E-state index contributed by atoms with van der Waals surface area (Å²) in [7, 11) is -3.50. The number of nitrogens with zero attached hydrogens (tertiary/aromatic N) is 1. The van der Waals surface area contributed by atoms with Gasteiger partial charge in [-0.25, -0.2) is 8.42 Å². The number of hydrogen-bond acceptors (Lipinski definition) is 4. The molecule has 1 aromatic carbocycles. The first-order valence-corrected chi connectivity index (χ1v) is 9.72. The fourth-order valence-corrected chi connectivity index (χ4v) is 4.84. The van der Waals surface area contributed by atoms with Crippen molar-refractivity contribution in [2.45, 2.75) is 39.0 Å². The molecule has 1 aliphatic heterocycles. The Bertz CT molecular complexity index is 619. The van der Waals surface area contributed by atoms with Gasteiger partial charge in [-0.05, 0) is 44.2 Å². The van der Waals surface area contributed by atoms with Crippen molar-refractivity contribution >= 4 is 10.0 Å². The number of rotatable bonds is 6. The number of hydrogen-bond donors (Lipinski definition) is 0. The molecule has 1 fully saturated rings.